The molecule has 0 saturated carbocycles. The number of benzene rings is 1. The molecule has 4 unspecified atom stereocenters. The molecule has 2 aromatic heterocycles. The molecule has 40 heavy (non-hydrogen) atoms. The molecule has 8 nitrogen and oxygen atoms in total. The lowest BCUT2D eigenvalue weighted by atomic mass is 9.88. The van der Waals surface area contributed by atoms with Crippen molar-refractivity contribution < 1.29 is 19.0 Å². The van der Waals surface area contributed by atoms with Crippen LogP contribution in [0, 0.1) is 5.82 Å². The number of β-amino-alcohol motifs (C(OH)–C–C–N with tert-alkyl or cyclic N) is 1. The molecular formula is C30H38FN5O3S. The minimum absolute atomic E-state index is 0.0619. The van der Waals surface area contributed by atoms with Crippen LogP contribution < -0.4 is 4.90 Å². The summed E-state index contributed by atoms with van der Waals surface area (Å²) in [4.78, 5) is 26.2. The zero-order valence-corrected chi connectivity index (χ0v) is 24.8. The Morgan fingerprint density at radius 2 is 1.90 bits per heavy atom. The number of aryl methyl sites for hydroxylation is 1. The summed E-state index contributed by atoms with van der Waals surface area (Å²) >= 11 is 1.70. The Morgan fingerprint density at radius 3 is 2.55 bits per heavy atom. The normalized spacial score (nSPS) is 23.4. The lowest BCUT2D eigenvalue weighted by molar-refractivity contribution is -0.00155. The number of thioether (sulfide) groups is 1. The zero-order valence-electron chi connectivity index (χ0n) is 24.0. The highest BCUT2D eigenvalue weighted by atomic mass is 32.2. The fourth-order valence-electron chi connectivity index (χ4n) is 5.47. The van der Waals surface area contributed by atoms with Crippen molar-refractivity contribution in [3.8, 4) is 0 Å². The molecule has 1 N–H and O–H groups in total. The van der Waals surface area contributed by atoms with E-state index in [0.29, 0.717) is 13.0 Å². The van der Waals surface area contributed by atoms with Crippen molar-refractivity contribution in [3.63, 3.8) is 0 Å². The number of nitrogens with zero attached hydrogens (tertiary/aromatic N) is 5. The van der Waals surface area contributed by atoms with Crippen molar-refractivity contribution in [2.24, 2.45) is 4.99 Å². The number of aliphatic imine (C=N–C) groups is 1. The summed E-state index contributed by atoms with van der Waals surface area (Å²) in [7, 11) is 2.01. The monoisotopic (exact) mass is 567 g/mol. The van der Waals surface area contributed by atoms with Crippen molar-refractivity contribution in [1.82, 2.24) is 14.3 Å². The number of piperidine rings is 1. The smallest absolute Gasteiger partial charge is 0.410 e. The highest BCUT2D eigenvalue weighted by Gasteiger charge is 2.35. The number of carbonyl (C=O) groups is 1. The molecule has 214 valence electrons. The average Bonchev–Trinajstić information content (AvgIpc) is 3.47. The molecule has 10 heteroatoms. The van der Waals surface area contributed by atoms with E-state index < -0.39 is 17.8 Å². The molecule has 0 aliphatic carbocycles. The van der Waals surface area contributed by atoms with Gasteiger partial charge in [-0.15, -0.1) is 0 Å². The number of rotatable bonds is 4. The van der Waals surface area contributed by atoms with Gasteiger partial charge in [0.2, 0.25) is 0 Å². The number of fused-ring (bicyclic) bond motifs is 1. The van der Waals surface area contributed by atoms with Crippen LogP contribution in [0.15, 0.2) is 47.6 Å². The Bertz CT molecular complexity index is 1420. The van der Waals surface area contributed by atoms with Crippen LogP contribution in [-0.2, 0) is 11.2 Å². The van der Waals surface area contributed by atoms with Crippen LogP contribution in [0.1, 0.15) is 69.8 Å². The number of aliphatic hydroxyl groups is 1. The fraction of sp³-hybridized carbons (Fsp3) is 0.500. The third-order valence-electron chi connectivity index (χ3n) is 7.48. The predicted octanol–water partition coefficient (Wildman–Crippen LogP) is 5.79. The van der Waals surface area contributed by atoms with Crippen LogP contribution in [0.5, 0.6) is 0 Å². The van der Waals surface area contributed by atoms with Crippen molar-refractivity contribution in [2.75, 3.05) is 25.0 Å². The van der Waals surface area contributed by atoms with E-state index in [9.17, 15) is 14.3 Å². The van der Waals surface area contributed by atoms with Gasteiger partial charge in [-0.05, 0) is 62.9 Å². The summed E-state index contributed by atoms with van der Waals surface area (Å²) < 4.78 is 21.1. The van der Waals surface area contributed by atoms with Gasteiger partial charge in [0.1, 0.15) is 22.9 Å². The first kappa shape index (κ1) is 28.4. The third-order valence-corrected chi connectivity index (χ3v) is 8.70. The molecule has 1 fully saturated rings. The van der Waals surface area contributed by atoms with Crippen LogP contribution in [0.4, 0.5) is 15.0 Å². The summed E-state index contributed by atoms with van der Waals surface area (Å²) in [6.45, 7) is 10.5. The van der Waals surface area contributed by atoms with Crippen LogP contribution >= 0.6 is 11.8 Å². The lowest BCUT2D eigenvalue weighted by Gasteiger charge is -2.37. The SMILES string of the molecule is CCc1nc2ccc(C3CCN(C(=O)OC(C)(C)C)CC3O)cn2c1N(C)C1=NC(c2ccc(F)cc2)C(C)S1. The van der Waals surface area contributed by atoms with E-state index in [0.717, 1.165) is 39.9 Å². The number of hydrogen-bond acceptors (Lipinski definition) is 7. The Balaban J connectivity index is 1.41. The summed E-state index contributed by atoms with van der Waals surface area (Å²) in [6.07, 6.45) is 2.34. The van der Waals surface area contributed by atoms with Crippen molar-refractivity contribution in [3.05, 3.63) is 65.2 Å². The van der Waals surface area contributed by atoms with Gasteiger partial charge in [-0.2, -0.15) is 0 Å². The molecule has 4 atom stereocenters. The number of amides is 1. The van der Waals surface area contributed by atoms with Crippen molar-refractivity contribution >= 4 is 34.5 Å². The predicted molar refractivity (Wildman–Crippen MR) is 158 cm³/mol. The van der Waals surface area contributed by atoms with E-state index >= 15 is 0 Å². The number of pyridine rings is 1. The van der Waals surface area contributed by atoms with Gasteiger partial charge in [0.25, 0.3) is 0 Å². The standard InChI is InChI=1S/C30H38FN5O3S/c1-7-23-27(34(6)28-33-26(18(2)40-28)19-8-11-21(31)12-9-19)36-16-20(10-13-25(36)32-23)22-14-15-35(17-24(22)37)29(38)39-30(3,4)5/h8-13,16,18,22,24,26,37H,7,14-15,17H2,1-6H3. The first-order chi connectivity index (χ1) is 18.9. The van der Waals surface area contributed by atoms with Gasteiger partial charge in [-0.25, -0.2) is 14.2 Å². The first-order valence-corrected chi connectivity index (χ1v) is 14.7. The molecule has 2 aliphatic rings. The Hall–Kier alpha value is -3.11. The number of aromatic nitrogens is 2. The van der Waals surface area contributed by atoms with Gasteiger partial charge < -0.3 is 19.6 Å². The Morgan fingerprint density at radius 1 is 1.20 bits per heavy atom. The number of anilines is 1. The summed E-state index contributed by atoms with van der Waals surface area (Å²) in [5.41, 5.74) is 3.20. The number of carbonyl (C=O) groups excluding carboxylic acids is 1. The second kappa shape index (κ2) is 11.0. The first-order valence-electron chi connectivity index (χ1n) is 13.9. The van der Waals surface area contributed by atoms with E-state index in [1.165, 1.54) is 12.1 Å². The molecule has 1 aromatic carbocycles. The van der Waals surface area contributed by atoms with Gasteiger partial charge in [0.15, 0.2) is 5.17 Å². The van der Waals surface area contributed by atoms with Crippen LogP contribution in [0.3, 0.4) is 0 Å². The summed E-state index contributed by atoms with van der Waals surface area (Å²) in [5.74, 6) is 0.575. The van der Waals surface area contributed by atoms with E-state index in [1.807, 2.05) is 40.0 Å². The molecule has 0 spiro atoms. The number of likely N-dealkylation sites (tertiary alicyclic amines) is 1. The topological polar surface area (TPSA) is 82.7 Å². The van der Waals surface area contributed by atoms with Gasteiger partial charge in [0.05, 0.1) is 24.4 Å². The maximum atomic E-state index is 13.5. The maximum Gasteiger partial charge on any atom is 0.410 e. The number of halogens is 1. The summed E-state index contributed by atoms with van der Waals surface area (Å²) in [6, 6.07) is 10.5. The van der Waals surface area contributed by atoms with Crippen LogP contribution in [0.2, 0.25) is 0 Å². The molecule has 0 bridgehead atoms. The van der Waals surface area contributed by atoms with E-state index in [4.69, 9.17) is 14.7 Å². The molecule has 2 aliphatic heterocycles. The van der Waals surface area contributed by atoms with Crippen LogP contribution in [0.25, 0.3) is 5.65 Å². The van der Waals surface area contributed by atoms with E-state index in [-0.39, 0.29) is 29.6 Å². The molecule has 3 aromatic rings. The van der Waals surface area contributed by atoms with Gasteiger partial charge in [-0.1, -0.05) is 43.8 Å². The zero-order chi connectivity index (χ0) is 28.8. The molecule has 0 radical (unpaired) electrons. The minimum Gasteiger partial charge on any atom is -0.444 e. The van der Waals surface area contributed by atoms with Crippen LogP contribution in [-0.4, -0.2) is 67.7 Å². The van der Waals surface area contributed by atoms with Gasteiger partial charge in [0, 0.05) is 31.0 Å². The van der Waals surface area contributed by atoms with E-state index in [2.05, 4.69) is 29.3 Å². The summed E-state index contributed by atoms with van der Waals surface area (Å²) in [5, 5.41) is 12.2. The second-order valence-electron chi connectivity index (χ2n) is 11.6. The Labute approximate surface area is 239 Å². The molecular weight excluding hydrogens is 529 g/mol. The van der Waals surface area contributed by atoms with Gasteiger partial charge >= 0.3 is 6.09 Å². The molecule has 1 amide bonds. The third kappa shape index (κ3) is 5.69. The highest BCUT2D eigenvalue weighted by Crippen LogP contribution is 2.40. The number of imidazole rings is 1. The van der Waals surface area contributed by atoms with Crippen molar-refractivity contribution in [2.45, 2.75) is 76.4 Å². The Kier molecular flexibility index (Phi) is 7.85. The van der Waals surface area contributed by atoms with Gasteiger partial charge in [-0.3, -0.25) is 9.39 Å². The molecule has 4 heterocycles. The minimum atomic E-state index is -0.707. The lowest BCUT2D eigenvalue weighted by Crippen LogP contribution is -2.47. The fourth-order valence-corrected chi connectivity index (χ4v) is 6.57. The number of aliphatic hydroxyl groups excluding tert-OH is 1. The second-order valence-corrected chi connectivity index (χ2v) is 12.9. The average molecular weight is 568 g/mol. The van der Waals surface area contributed by atoms with E-state index in [1.54, 1.807) is 28.8 Å². The van der Waals surface area contributed by atoms with Crippen molar-refractivity contribution in [1.29, 1.82) is 0 Å². The number of ether oxygens (including phenoxy) is 1. The number of amidine groups is 1. The molecule has 1 saturated heterocycles. The largest absolute Gasteiger partial charge is 0.444 e. The molecule has 5 rings (SSSR count). The number of hydrogen-bond donors (Lipinski definition) is 1. The quantitative estimate of drug-likeness (QED) is 0.430. The highest BCUT2D eigenvalue weighted by molar-refractivity contribution is 8.15. The maximum absolute atomic E-state index is 13.5.